The van der Waals surface area contributed by atoms with Crippen molar-refractivity contribution in [2.75, 3.05) is 13.1 Å². The summed E-state index contributed by atoms with van der Waals surface area (Å²) >= 11 is 0. The monoisotopic (exact) mass is 399 g/mol. The molecule has 1 fully saturated rings. The van der Waals surface area contributed by atoms with E-state index in [0.29, 0.717) is 12.3 Å². The molecule has 0 saturated carbocycles. The Morgan fingerprint density at radius 1 is 1.07 bits per heavy atom. The van der Waals surface area contributed by atoms with E-state index < -0.39 is 0 Å². The van der Waals surface area contributed by atoms with E-state index in [4.69, 9.17) is 4.98 Å². The standard InChI is InChI=1S/C26H29N3O/c1-19-6-3-4-7-23(19)15-22-14-20(2)28-25(16-22)24-8-5-13-29(18-24)26(30)17-21-9-11-27-12-10-21/h3-4,6-7,9-12,14,16,24H,5,8,13,15,17-18H2,1-2H3/t24-/m1/s1. The van der Waals surface area contributed by atoms with Crippen molar-refractivity contribution in [3.8, 4) is 0 Å². The molecule has 30 heavy (non-hydrogen) atoms. The van der Waals surface area contributed by atoms with Crippen LogP contribution in [0.25, 0.3) is 0 Å². The Labute approximate surface area is 179 Å². The Hall–Kier alpha value is -3.01. The largest absolute Gasteiger partial charge is 0.342 e. The van der Waals surface area contributed by atoms with Crippen LogP contribution in [0.4, 0.5) is 0 Å². The molecule has 1 saturated heterocycles. The lowest BCUT2D eigenvalue weighted by Gasteiger charge is -2.33. The minimum absolute atomic E-state index is 0.193. The van der Waals surface area contributed by atoms with E-state index in [9.17, 15) is 4.79 Å². The van der Waals surface area contributed by atoms with Crippen LogP contribution in [0, 0.1) is 13.8 Å². The van der Waals surface area contributed by atoms with Crippen LogP contribution in [0.1, 0.15) is 52.4 Å². The van der Waals surface area contributed by atoms with Crippen LogP contribution in [0.15, 0.2) is 60.9 Å². The van der Waals surface area contributed by atoms with Crippen molar-refractivity contribution in [1.82, 2.24) is 14.9 Å². The van der Waals surface area contributed by atoms with Crippen molar-refractivity contribution in [1.29, 1.82) is 0 Å². The Morgan fingerprint density at radius 3 is 2.67 bits per heavy atom. The first kappa shape index (κ1) is 20.3. The molecular formula is C26H29N3O. The van der Waals surface area contributed by atoms with Gasteiger partial charge in [-0.1, -0.05) is 24.3 Å². The third-order valence-corrected chi connectivity index (χ3v) is 5.99. The van der Waals surface area contributed by atoms with Crippen LogP contribution in [0.5, 0.6) is 0 Å². The van der Waals surface area contributed by atoms with Gasteiger partial charge in [0.15, 0.2) is 0 Å². The van der Waals surface area contributed by atoms with Crippen LogP contribution < -0.4 is 0 Å². The topological polar surface area (TPSA) is 46.1 Å². The molecule has 0 N–H and O–H groups in total. The van der Waals surface area contributed by atoms with Crippen molar-refractivity contribution in [2.45, 2.75) is 45.4 Å². The molecule has 1 aromatic carbocycles. The summed E-state index contributed by atoms with van der Waals surface area (Å²) in [4.78, 5) is 23.7. The van der Waals surface area contributed by atoms with E-state index in [-0.39, 0.29) is 5.91 Å². The number of piperidine rings is 1. The number of benzene rings is 1. The zero-order valence-corrected chi connectivity index (χ0v) is 17.8. The zero-order valence-electron chi connectivity index (χ0n) is 17.8. The lowest BCUT2D eigenvalue weighted by atomic mass is 9.91. The highest BCUT2D eigenvalue weighted by molar-refractivity contribution is 5.78. The van der Waals surface area contributed by atoms with Crippen molar-refractivity contribution in [3.63, 3.8) is 0 Å². The molecule has 0 unspecified atom stereocenters. The molecule has 1 aliphatic rings. The van der Waals surface area contributed by atoms with E-state index in [2.05, 4.69) is 55.2 Å². The van der Waals surface area contributed by atoms with Crippen LogP contribution in [0.2, 0.25) is 0 Å². The first-order chi connectivity index (χ1) is 14.6. The summed E-state index contributed by atoms with van der Waals surface area (Å²) in [5, 5.41) is 0. The summed E-state index contributed by atoms with van der Waals surface area (Å²) < 4.78 is 0. The van der Waals surface area contributed by atoms with Gasteiger partial charge in [-0.2, -0.15) is 0 Å². The summed E-state index contributed by atoms with van der Waals surface area (Å²) in [7, 11) is 0. The average molecular weight is 400 g/mol. The molecular weight excluding hydrogens is 370 g/mol. The molecule has 1 amide bonds. The lowest BCUT2D eigenvalue weighted by Crippen LogP contribution is -2.40. The molecule has 2 aromatic heterocycles. The number of nitrogens with zero attached hydrogens (tertiary/aromatic N) is 3. The van der Waals surface area contributed by atoms with Gasteiger partial charge in [-0.15, -0.1) is 0 Å². The minimum Gasteiger partial charge on any atom is -0.342 e. The minimum atomic E-state index is 0.193. The maximum Gasteiger partial charge on any atom is 0.227 e. The van der Waals surface area contributed by atoms with E-state index in [1.807, 2.05) is 17.0 Å². The Balaban J connectivity index is 1.48. The van der Waals surface area contributed by atoms with Gasteiger partial charge in [0.25, 0.3) is 0 Å². The van der Waals surface area contributed by atoms with E-state index >= 15 is 0 Å². The molecule has 1 atom stereocenters. The number of aromatic nitrogens is 2. The molecule has 0 bridgehead atoms. The number of carbonyl (C=O) groups excluding carboxylic acids is 1. The predicted molar refractivity (Wildman–Crippen MR) is 119 cm³/mol. The van der Waals surface area contributed by atoms with Crippen molar-refractivity contribution < 1.29 is 4.79 Å². The average Bonchev–Trinajstić information content (AvgIpc) is 2.76. The highest BCUT2D eigenvalue weighted by atomic mass is 16.2. The molecule has 0 spiro atoms. The fraction of sp³-hybridized carbons (Fsp3) is 0.346. The van der Waals surface area contributed by atoms with Crippen LogP contribution in [-0.2, 0) is 17.6 Å². The number of hydrogen-bond acceptors (Lipinski definition) is 3. The second-order valence-electron chi connectivity index (χ2n) is 8.36. The third kappa shape index (κ3) is 4.93. The number of hydrogen-bond donors (Lipinski definition) is 0. The molecule has 1 aliphatic heterocycles. The van der Waals surface area contributed by atoms with Gasteiger partial charge in [-0.3, -0.25) is 14.8 Å². The summed E-state index contributed by atoms with van der Waals surface area (Å²) in [5.74, 6) is 0.495. The summed E-state index contributed by atoms with van der Waals surface area (Å²) in [6, 6.07) is 16.8. The van der Waals surface area contributed by atoms with Crippen molar-refractivity contribution in [2.24, 2.45) is 0 Å². The van der Waals surface area contributed by atoms with Gasteiger partial charge < -0.3 is 4.90 Å². The van der Waals surface area contributed by atoms with E-state index in [1.165, 1.54) is 16.7 Å². The summed E-state index contributed by atoms with van der Waals surface area (Å²) in [5.41, 5.74) is 7.17. The summed E-state index contributed by atoms with van der Waals surface area (Å²) in [6.45, 7) is 5.82. The van der Waals surface area contributed by atoms with Gasteiger partial charge in [0.1, 0.15) is 0 Å². The lowest BCUT2D eigenvalue weighted by molar-refractivity contribution is -0.131. The molecule has 4 nitrogen and oxygen atoms in total. The first-order valence-corrected chi connectivity index (χ1v) is 10.8. The Morgan fingerprint density at radius 2 is 1.87 bits per heavy atom. The fourth-order valence-corrected chi connectivity index (χ4v) is 4.34. The highest BCUT2D eigenvalue weighted by Gasteiger charge is 2.26. The quantitative estimate of drug-likeness (QED) is 0.628. The normalized spacial score (nSPS) is 16.5. The molecule has 3 aromatic rings. The Bertz CT molecular complexity index is 1020. The number of amides is 1. The van der Waals surface area contributed by atoms with Gasteiger partial charge in [-0.25, -0.2) is 0 Å². The first-order valence-electron chi connectivity index (χ1n) is 10.8. The van der Waals surface area contributed by atoms with E-state index in [1.54, 1.807) is 12.4 Å². The molecule has 154 valence electrons. The molecule has 3 heterocycles. The van der Waals surface area contributed by atoms with Crippen LogP contribution in [0.3, 0.4) is 0 Å². The maximum atomic E-state index is 12.8. The Kier molecular flexibility index (Phi) is 6.22. The van der Waals surface area contributed by atoms with Gasteiger partial charge in [-0.05, 0) is 79.6 Å². The fourth-order valence-electron chi connectivity index (χ4n) is 4.34. The second-order valence-corrected chi connectivity index (χ2v) is 8.36. The zero-order chi connectivity index (χ0) is 20.9. The van der Waals surface area contributed by atoms with Crippen LogP contribution >= 0.6 is 0 Å². The van der Waals surface area contributed by atoms with Gasteiger partial charge in [0, 0.05) is 42.8 Å². The van der Waals surface area contributed by atoms with Gasteiger partial charge in [0.2, 0.25) is 5.91 Å². The highest BCUT2D eigenvalue weighted by Crippen LogP contribution is 2.28. The van der Waals surface area contributed by atoms with Crippen LogP contribution in [-0.4, -0.2) is 33.9 Å². The molecule has 0 aliphatic carbocycles. The van der Waals surface area contributed by atoms with Crippen molar-refractivity contribution >= 4 is 5.91 Å². The second kappa shape index (κ2) is 9.21. The predicted octanol–water partition coefficient (Wildman–Crippen LogP) is 4.63. The van der Waals surface area contributed by atoms with Crippen molar-refractivity contribution in [3.05, 3.63) is 94.6 Å². The van der Waals surface area contributed by atoms with Gasteiger partial charge in [0.05, 0.1) is 6.42 Å². The number of aryl methyl sites for hydroxylation is 2. The molecule has 4 rings (SSSR count). The number of rotatable bonds is 5. The summed E-state index contributed by atoms with van der Waals surface area (Å²) in [6.07, 6.45) is 6.95. The third-order valence-electron chi connectivity index (χ3n) is 5.99. The van der Waals surface area contributed by atoms with E-state index in [0.717, 1.165) is 49.3 Å². The maximum absolute atomic E-state index is 12.8. The SMILES string of the molecule is Cc1cc(Cc2ccccc2C)cc([C@@H]2CCCN(C(=O)Cc3ccncc3)C2)n1. The molecule has 0 radical (unpaired) electrons. The number of pyridine rings is 2. The number of likely N-dealkylation sites (tertiary alicyclic amines) is 1. The smallest absolute Gasteiger partial charge is 0.227 e. The molecule has 4 heteroatoms. The number of carbonyl (C=O) groups is 1. The van der Waals surface area contributed by atoms with Gasteiger partial charge >= 0.3 is 0 Å².